The van der Waals surface area contributed by atoms with Crippen LogP contribution in [0.15, 0.2) is 36.7 Å². The lowest BCUT2D eigenvalue weighted by Gasteiger charge is -2.36. The molecule has 1 aliphatic carbocycles. The number of aromatic nitrogens is 2. The molecule has 1 unspecified atom stereocenters. The van der Waals surface area contributed by atoms with Gasteiger partial charge in [0.25, 0.3) is 0 Å². The van der Waals surface area contributed by atoms with E-state index in [-0.39, 0.29) is 17.6 Å². The summed E-state index contributed by atoms with van der Waals surface area (Å²) in [7, 11) is 1.81. The van der Waals surface area contributed by atoms with Gasteiger partial charge < -0.3 is 10.2 Å². The highest BCUT2D eigenvalue weighted by Gasteiger charge is 2.43. The normalized spacial score (nSPS) is 21.4. The summed E-state index contributed by atoms with van der Waals surface area (Å²) in [6.07, 6.45) is 9.13. The van der Waals surface area contributed by atoms with Gasteiger partial charge in [-0.2, -0.15) is 5.10 Å². The van der Waals surface area contributed by atoms with Crippen molar-refractivity contribution >= 4 is 17.5 Å². The van der Waals surface area contributed by atoms with Gasteiger partial charge in [0.15, 0.2) is 0 Å². The average Bonchev–Trinajstić information content (AvgIpc) is 3.28. The lowest BCUT2D eigenvalue weighted by Crippen LogP contribution is -2.50. The van der Waals surface area contributed by atoms with Crippen LogP contribution in [0, 0.1) is 11.2 Å². The summed E-state index contributed by atoms with van der Waals surface area (Å²) in [4.78, 5) is 27.9. The molecule has 1 N–H and O–H groups in total. The number of carbonyl (C=O) groups is 2. The zero-order chi connectivity index (χ0) is 20.4. The Labute approximate surface area is 170 Å². The zero-order valence-electron chi connectivity index (χ0n) is 16.7. The van der Waals surface area contributed by atoms with Crippen LogP contribution < -0.4 is 10.2 Å². The maximum absolute atomic E-state index is 13.7. The molecule has 0 spiro atoms. The summed E-state index contributed by atoms with van der Waals surface area (Å²) in [5.41, 5.74) is 1.01. The molecule has 2 aromatic rings. The Morgan fingerprint density at radius 3 is 2.79 bits per heavy atom. The van der Waals surface area contributed by atoms with E-state index in [2.05, 4.69) is 10.4 Å². The van der Waals surface area contributed by atoms with Gasteiger partial charge in [0.1, 0.15) is 11.9 Å². The van der Waals surface area contributed by atoms with Crippen molar-refractivity contribution in [1.82, 2.24) is 15.1 Å². The van der Waals surface area contributed by atoms with E-state index in [0.717, 1.165) is 43.4 Å². The predicted octanol–water partition coefficient (Wildman–Crippen LogP) is 2.97. The molecule has 1 aromatic heterocycles. The summed E-state index contributed by atoms with van der Waals surface area (Å²) in [6, 6.07) is 5.97. The van der Waals surface area contributed by atoms with Gasteiger partial charge in [-0.15, -0.1) is 0 Å². The van der Waals surface area contributed by atoms with E-state index >= 15 is 0 Å². The molecule has 1 saturated carbocycles. The van der Waals surface area contributed by atoms with Gasteiger partial charge >= 0.3 is 0 Å². The highest BCUT2D eigenvalue weighted by molar-refractivity contribution is 6.01. The summed E-state index contributed by atoms with van der Waals surface area (Å²) >= 11 is 0. The third-order valence-corrected chi connectivity index (χ3v) is 6.24. The highest BCUT2D eigenvalue weighted by atomic mass is 19.1. The number of nitrogens with zero attached hydrogens (tertiary/aromatic N) is 3. The molecule has 0 bridgehead atoms. The minimum Gasteiger partial charge on any atom is -0.344 e. The van der Waals surface area contributed by atoms with Gasteiger partial charge in [-0.3, -0.25) is 14.3 Å². The monoisotopic (exact) mass is 398 g/mol. The molecule has 7 heteroatoms. The van der Waals surface area contributed by atoms with E-state index in [1.54, 1.807) is 28.0 Å². The fraction of sp³-hybridized carbons (Fsp3) is 0.500. The van der Waals surface area contributed by atoms with Gasteiger partial charge in [-0.25, -0.2) is 4.39 Å². The van der Waals surface area contributed by atoms with Gasteiger partial charge in [0.2, 0.25) is 11.8 Å². The molecule has 2 aliphatic rings. The first kappa shape index (κ1) is 19.6. The highest BCUT2D eigenvalue weighted by Crippen LogP contribution is 2.40. The van der Waals surface area contributed by atoms with Crippen LogP contribution in [0.5, 0.6) is 0 Å². The molecule has 4 rings (SSSR count). The van der Waals surface area contributed by atoms with Crippen LogP contribution in [-0.2, 0) is 23.1 Å². The molecule has 29 heavy (non-hydrogen) atoms. The van der Waals surface area contributed by atoms with Gasteiger partial charge in [-0.1, -0.05) is 31.4 Å². The Morgan fingerprint density at radius 2 is 2.10 bits per heavy atom. The van der Waals surface area contributed by atoms with Crippen LogP contribution >= 0.6 is 0 Å². The number of halogens is 1. The number of amides is 2. The minimum atomic E-state index is -0.575. The number of nitrogens with one attached hydrogen (secondary N) is 1. The third kappa shape index (κ3) is 4.04. The maximum Gasteiger partial charge on any atom is 0.249 e. The second-order valence-corrected chi connectivity index (χ2v) is 8.32. The molecule has 2 fully saturated rings. The second-order valence-electron chi connectivity index (χ2n) is 8.32. The molecule has 0 radical (unpaired) electrons. The zero-order valence-corrected chi connectivity index (χ0v) is 16.7. The largest absolute Gasteiger partial charge is 0.344 e. The molecule has 2 heterocycles. The summed E-state index contributed by atoms with van der Waals surface area (Å²) in [6.45, 7) is 0.562. The Kier molecular flexibility index (Phi) is 5.39. The first-order valence-electron chi connectivity index (χ1n) is 10.3. The number of carbonyl (C=O) groups excluding carboxylic acids is 2. The van der Waals surface area contributed by atoms with Crippen molar-refractivity contribution < 1.29 is 14.0 Å². The fourth-order valence-corrected chi connectivity index (χ4v) is 4.68. The topological polar surface area (TPSA) is 67.2 Å². The maximum atomic E-state index is 13.7. The first-order chi connectivity index (χ1) is 14.0. The second kappa shape index (κ2) is 7.97. The van der Waals surface area contributed by atoms with E-state index < -0.39 is 11.5 Å². The Bertz CT molecular complexity index is 904. The summed E-state index contributed by atoms with van der Waals surface area (Å²) in [5.74, 6) is -0.456. The third-order valence-electron chi connectivity index (χ3n) is 6.24. The average molecular weight is 398 g/mol. The molecule has 1 aliphatic heterocycles. The van der Waals surface area contributed by atoms with Crippen molar-refractivity contribution in [2.24, 2.45) is 12.5 Å². The molecule has 1 aromatic carbocycles. The molecule has 6 nitrogen and oxygen atoms in total. The molecule has 154 valence electrons. The minimum absolute atomic E-state index is 0.0761. The lowest BCUT2D eigenvalue weighted by atomic mass is 9.69. The lowest BCUT2D eigenvalue weighted by molar-refractivity contribution is -0.135. The van der Waals surface area contributed by atoms with Gasteiger partial charge in [-0.05, 0) is 43.4 Å². The van der Waals surface area contributed by atoms with Crippen molar-refractivity contribution in [2.45, 2.75) is 51.0 Å². The molecular weight excluding hydrogens is 371 g/mol. The van der Waals surface area contributed by atoms with Gasteiger partial charge in [0.05, 0.1) is 17.3 Å². The van der Waals surface area contributed by atoms with Crippen molar-refractivity contribution in [3.05, 3.63) is 48.0 Å². The predicted molar refractivity (Wildman–Crippen MR) is 108 cm³/mol. The fourth-order valence-electron chi connectivity index (χ4n) is 4.68. The van der Waals surface area contributed by atoms with Crippen molar-refractivity contribution in [3.8, 4) is 0 Å². The summed E-state index contributed by atoms with van der Waals surface area (Å²) < 4.78 is 15.3. The standard InChI is InChI=1S/C22H27FN4O2/c1-26-15-18(14-24-26)27-11-8-19(20(27)28)25-21(29)22(9-3-2-4-10-22)13-16-6-5-7-17(23)12-16/h5-7,12,14-15,19H,2-4,8-11,13H2,1H3,(H,25,29). The number of benzene rings is 1. The van der Waals surface area contributed by atoms with Crippen molar-refractivity contribution in [2.75, 3.05) is 11.4 Å². The van der Waals surface area contributed by atoms with E-state index in [9.17, 15) is 14.0 Å². The Balaban J connectivity index is 1.49. The van der Waals surface area contributed by atoms with Crippen LogP contribution in [0.2, 0.25) is 0 Å². The van der Waals surface area contributed by atoms with Crippen molar-refractivity contribution in [3.63, 3.8) is 0 Å². The number of aryl methyl sites for hydroxylation is 1. The van der Waals surface area contributed by atoms with Crippen LogP contribution in [0.25, 0.3) is 0 Å². The molecular formula is C22H27FN4O2. The van der Waals surface area contributed by atoms with E-state index in [4.69, 9.17) is 0 Å². The number of hydrogen-bond acceptors (Lipinski definition) is 3. The smallest absolute Gasteiger partial charge is 0.249 e. The Hall–Kier alpha value is -2.70. The SMILES string of the molecule is Cn1cc(N2CCC(NC(=O)C3(Cc4cccc(F)c4)CCCCC3)C2=O)cn1. The first-order valence-corrected chi connectivity index (χ1v) is 10.3. The van der Waals surface area contributed by atoms with E-state index in [1.165, 1.54) is 12.1 Å². The van der Waals surface area contributed by atoms with Crippen LogP contribution in [-0.4, -0.2) is 34.2 Å². The van der Waals surface area contributed by atoms with Gasteiger partial charge in [0, 0.05) is 19.8 Å². The number of hydrogen-bond donors (Lipinski definition) is 1. The number of rotatable bonds is 5. The van der Waals surface area contributed by atoms with Crippen LogP contribution in [0.3, 0.4) is 0 Å². The van der Waals surface area contributed by atoms with Crippen LogP contribution in [0.4, 0.5) is 10.1 Å². The number of anilines is 1. The Morgan fingerprint density at radius 1 is 1.31 bits per heavy atom. The molecule has 2 amide bonds. The van der Waals surface area contributed by atoms with E-state index in [1.807, 2.05) is 13.1 Å². The van der Waals surface area contributed by atoms with Crippen molar-refractivity contribution in [1.29, 1.82) is 0 Å². The van der Waals surface area contributed by atoms with Crippen LogP contribution in [0.1, 0.15) is 44.1 Å². The van der Waals surface area contributed by atoms with E-state index in [0.29, 0.717) is 19.4 Å². The molecule has 1 saturated heterocycles. The molecule has 1 atom stereocenters. The summed E-state index contributed by atoms with van der Waals surface area (Å²) in [5, 5.41) is 7.15. The quantitative estimate of drug-likeness (QED) is 0.842.